The van der Waals surface area contributed by atoms with Crippen LogP contribution in [0.25, 0.3) is 0 Å². The van der Waals surface area contributed by atoms with E-state index in [2.05, 4.69) is 20.7 Å². The summed E-state index contributed by atoms with van der Waals surface area (Å²) >= 11 is 2.82. The maximum Gasteiger partial charge on any atom is 0.420 e. The van der Waals surface area contributed by atoms with Crippen molar-refractivity contribution in [1.82, 2.24) is 0 Å². The fraction of sp³-hybridized carbons (Fsp3) is 0.417. The van der Waals surface area contributed by atoms with Crippen molar-refractivity contribution in [2.75, 3.05) is 6.61 Å². The molecule has 1 rings (SSSR count). The number of halogens is 5. The highest BCUT2D eigenvalue weighted by molar-refractivity contribution is 9.10. The number of esters is 1. The van der Waals surface area contributed by atoms with Gasteiger partial charge in [-0.05, 0) is 19.1 Å². The van der Waals surface area contributed by atoms with Crippen LogP contribution < -0.4 is 5.73 Å². The second kappa shape index (κ2) is 6.61. The molecule has 1 unspecified atom stereocenters. The Balaban J connectivity index is 3.24. The van der Waals surface area contributed by atoms with E-state index < -0.39 is 41.2 Å². The first kappa shape index (κ1) is 17.7. The molecule has 0 aliphatic heterocycles. The number of phenolic OH excluding ortho intramolecular Hbond substituents is 1. The van der Waals surface area contributed by atoms with Crippen LogP contribution in [0.4, 0.5) is 17.6 Å². The van der Waals surface area contributed by atoms with E-state index >= 15 is 0 Å². The third kappa shape index (κ3) is 4.07. The third-order valence-electron chi connectivity index (χ3n) is 2.60. The van der Waals surface area contributed by atoms with Gasteiger partial charge in [-0.15, -0.1) is 0 Å². The molecule has 0 aromatic heterocycles. The largest absolute Gasteiger partial charge is 0.507 e. The molecule has 4 nitrogen and oxygen atoms in total. The van der Waals surface area contributed by atoms with Gasteiger partial charge in [0, 0.05) is 10.0 Å². The SMILES string of the molecule is CCOC(=O)C(F)[C@H](N)c1cc(Br)cc(C(F)(F)F)c1O. The topological polar surface area (TPSA) is 72.5 Å². The van der Waals surface area contributed by atoms with E-state index in [0.717, 1.165) is 6.07 Å². The lowest BCUT2D eigenvalue weighted by molar-refractivity contribution is -0.149. The lowest BCUT2D eigenvalue weighted by atomic mass is 9.99. The van der Waals surface area contributed by atoms with E-state index in [1.54, 1.807) is 0 Å². The average Bonchev–Trinajstić information content (AvgIpc) is 2.38. The predicted molar refractivity (Wildman–Crippen MR) is 69.3 cm³/mol. The zero-order valence-electron chi connectivity index (χ0n) is 10.7. The van der Waals surface area contributed by atoms with Gasteiger partial charge in [0.25, 0.3) is 0 Å². The van der Waals surface area contributed by atoms with Crippen LogP contribution in [-0.2, 0) is 15.7 Å². The summed E-state index contributed by atoms with van der Waals surface area (Å²) in [7, 11) is 0. The van der Waals surface area contributed by atoms with Gasteiger partial charge in [0.1, 0.15) is 5.75 Å². The predicted octanol–water partition coefficient (Wildman–Crippen LogP) is 3.07. The Morgan fingerprint density at radius 2 is 2.05 bits per heavy atom. The van der Waals surface area contributed by atoms with Gasteiger partial charge >= 0.3 is 12.1 Å². The molecule has 0 bridgehead atoms. The van der Waals surface area contributed by atoms with Gasteiger partial charge in [-0.2, -0.15) is 13.2 Å². The van der Waals surface area contributed by atoms with Crippen LogP contribution in [0.1, 0.15) is 24.1 Å². The van der Waals surface area contributed by atoms with Gasteiger partial charge in [0.15, 0.2) is 0 Å². The number of carbonyl (C=O) groups excluding carboxylic acids is 1. The van der Waals surface area contributed by atoms with Gasteiger partial charge in [-0.3, -0.25) is 0 Å². The zero-order valence-corrected chi connectivity index (χ0v) is 12.3. The van der Waals surface area contributed by atoms with Crippen LogP contribution in [0.2, 0.25) is 0 Å². The lowest BCUT2D eigenvalue weighted by Gasteiger charge is -2.20. The van der Waals surface area contributed by atoms with Crippen molar-refractivity contribution >= 4 is 21.9 Å². The van der Waals surface area contributed by atoms with Crippen LogP contribution in [-0.4, -0.2) is 23.9 Å². The zero-order chi connectivity index (χ0) is 16.4. The van der Waals surface area contributed by atoms with Crippen LogP contribution in [0, 0.1) is 0 Å². The molecule has 0 spiro atoms. The number of carbonyl (C=O) groups is 1. The number of ether oxygens (including phenoxy) is 1. The Morgan fingerprint density at radius 1 is 1.48 bits per heavy atom. The van der Waals surface area contributed by atoms with E-state index in [9.17, 15) is 27.5 Å². The first-order valence-electron chi connectivity index (χ1n) is 5.75. The van der Waals surface area contributed by atoms with Crippen LogP contribution >= 0.6 is 15.9 Å². The first-order chi connectivity index (χ1) is 9.59. The number of hydrogen-bond donors (Lipinski definition) is 2. The Bertz CT molecular complexity index is 536. The van der Waals surface area contributed by atoms with E-state index in [-0.39, 0.29) is 11.1 Å². The molecule has 2 atom stereocenters. The molecular formula is C12H12BrF4NO3. The third-order valence-corrected chi connectivity index (χ3v) is 3.05. The van der Waals surface area contributed by atoms with E-state index in [1.165, 1.54) is 6.92 Å². The molecule has 0 fully saturated rings. The monoisotopic (exact) mass is 373 g/mol. The molecule has 1 aromatic carbocycles. The number of rotatable bonds is 4. The molecule has 0 amide bonds. The van der Waals surface area contributed by atoms with Crippen LogP contribution in [0.15, 0.2) is 16.6 Å². The lowest BCUT2D eigenvalue weighted by Crippen LogP contribution is -2.31. The molecule has 0 aliphatic carbocycles. The molecular weight excluding hydrogens is 362 g/mol. The second-order valence-corrected chi connectivity index (χ2v) is 4.98. The summed E-state index contributed by atoms with van der Waals surface area (Å²) in [5.74, 6) is -2.52. The summed E-state index contributed by atoms with van der Waals surface area (Å²) < 4.78 is 56.4. The standard InChI is InChI=1S/C12H12BrF4NO3/c1-2-21-11(20)8(14)9(18)6-3-5(13)4-7(10(6)19)12(15,16)17/h3-4,8-9,19H,2,18H2,1H3/t8?,9-/m1/s1. The van der Waals surface area contributed by atoms with E-state index in [0.29, 0.717) is 6.07 Å². The van der Waals surface area contributed by atoms with Crippen molar-refractivity contribution in [3.63, 3.8) is 0 Å². The second-order valence-electron chi connectivity index (χ2n) is 4.07. The summed E-state index contributed by atoms with van der Waals surface area (Å²) in [6.45, 7) is 1.33. The fourth-order valence-electron chi connectivity index (χ4n) is 1.62. The minimum absolute atomic E-state index is 0.0610. The summed E-state index contributed by atoms with van der Waals surface area (Å²) in [5, 5.41) is 9.64. The average molecular weight is 374 g/mol. The molecule has 9 heteroatoms. The molecule has 1 aromatic rings. The van der Waals surface area contributed by atoms with Gasteiger partial charge in [0.2, 0.25) is 6.17 Å². The van der Waals surface area contributed by atoms with Crippen LogP contribution in [0.3, 0.4) is 0 Å². The molecule has 3 N–H and O–H groups in total. The Hall–Kier alpha value is -1.35. The van der Waals surface area contributed by atoms with Crippen molar-refractivity contribution < 1.29 is 32.2 Å². The van der Waals surface area contributed by atoms with Gasteiger partial charge < -0.3 is 15.6 Å². The maximum atomic E-state index is 13.8. The number of aromatic hydroxyl groups is 1. The number of phenols is 1. The van der Waals surface area contributed by atoms with E-state index in [1.807, 2.05) is 0 Å². The summed E-state index contributed by atoms with van der Waals surface area (Å²) in [6.07, 6.45) is -7.25. The molecule has 0 aliphatic rings. The van der Waals surface area contributed by atoms with Crippen molar-refractivity contribution in [2.24, 2.45) is 5.73 Å². The molecule has 0 radical (unpaired) electrons. The molecule has 0 heterocycles. The number of benzene rings is 1. The highest BCUT2D eigenvalue weighted by Crippen LogP contribution is 2.41. The fourth-order valence-corrected chi connectivity index (χ4v) is 2.09. The maximum absolute atomic E-state index is 13.8. The van der Waals surface area contributed by atoms with Gasteiger partial charge in [-0.1, -0.05) is 15.9 Å². The van der Waals surface area contributed by atoms with Crippen LogP contribution in [0.5, 0.6) is 5.75 Å². The van der Waals surface area contributed by atoms with Gasteiger partial charge in [0.05, 0.1) is 18.2 Å². The smallest absolute Gasteiger partial charge is 0.420 e. The normalized spacial score (nSPS) is 14.6. The highest BCUT2D eigenvalue weighted by atomic mass is 79.9. The van der Waals surface area contributed by atoms with Crippen molar-refractivity contribution in [3.05, 3.63) is 27.7 Å². The van der Waals surface area contributed by atoms with E-state index in [4.69, 9.17) is 5.73 Å². The molecule has 0 saturated heterocycles. The van der Waals surface area contributed by atoms with Gasteiger partial charge in [-0.25, -0.2) is 9.18 Å². The summed E-state index contributed by atoms with van der Waals surface area (Å²) in [6, 6.07) is -0.146. The minimum atomic E-state index is -4.85. The van der Waals surface area contributed by atoms with Crippen molar-refractivity contribution in [3.8, 4) is 5.75 Å². The highest BCUT2D eigenvalue weighted by Gasteiger charge is 2.38. The summed E-state index contributed by atoms with van der Waals surface area (Å²) in [4.78, 5) is 11.2. The molecule has 21 heavy (non-hydrogen) atoms. The Morgan fingerprint density at radius 3 is 2.52 bits per heavy atom. The number of nitrogens with two attached hydrogens (primary N) is 1. The molecule has 118 valence electrons. The number of hydrogen-bond acceptors (Lipinski definition) is 4. The molecule has 0 saturated carbocycles. The van der Waals surface area contributed by atoms with Crippen molar-refractivity contribution in [2.45, 2.75) is 25.3 Å². The summed E-state index contributed by atoms with van der Waals surface area (Å²) in [5.41, 5.74) is 3.51. The number of alkyl halides is 4. The first-order valence-corrected chi connectivity index (χ1v) is 6.54. The van der Waals surface area contributed by atoms with Crippen molar-refractivity contribution in [1.29, 1.82) is 0 Å². The minimum Gasteiger partial charge on any atom is -0.507 e. The Kier molecular flexibility index (Phi) is 5.57. The Labute approximate surface area is 126 Å². The quantitative estimate of drug-likeness (QED) is 0.628.